The molecule has 6 heteroatoms. The number of benzene rings is 1. The fourth-order valence-corrected chi connectivity index (χ4v) is 1.67. The Morgan fingerprint density at radius 2 is 2.33 bits per heavy atom. The second-order valence-electron chi connectivity index (χ2n) is 3.68. The third-order valence-electron chi connectivity index (χ3n) is 2.46. The Morgan fingerprint density at radius 1 is 1.56 bits per heavy atom. The molecule has 0 radical (unpaired) electrons. The third kappa shape index (κ3) is 2.62. The Kier molecular flexibility index (Phi) is 3.53. The lowest BCUT2D eigenvalue weighted by atomic mass is 10.3. The fraction of sp³-hybridized carbons (Fsp3) is 0.167. The molecule has 0 atom stereocenters. The van der Waals surface area contributed by atoms with Gasteiger partial charge in [-0.05, 0) is 18.2 Å². The van der Waals surface area contributed by atoms with E-state index in [4.69, 9.17) is 21.4 Å². The number of carboxylic acid groups (broad SMARTS) is 1. The van der Waals surface area contributed by atoms with Crippen molar-refractivity contribution in [1.29, 1.82) is 0 Å². The molecule has 0 spiro atoms. The molecular weight excluding hydrogens is 256 g/mol. The van der Waals surface area contributed by atoms with Crippen molar-refractivity contribution < 1.29 is 14.6 Å². The Bertz CT molecular complexity index is 580. The maximum atomic E-state index is 10.8. The summed E-state index contributed by atoms with van der Waals surface area (Å²) in [6.45, 7) is 0.233. The molecule has 5 nitrogen and oxygen atoms in total. The average Bonchev–Trinajstić information content (AvgIpc) is 2.68. The first-order valence-corrected chi connectivity index (χ1v) is 5.58. The molecule has 1 aromatic heterocycles. The monoisotopic (exact) mass is 266 g/mol. The molecule has 0 aliphatic rings. The minimum absolute atomic E-state index is 0.0142. The van der Waals surface area contributed by atoms with E-state index in [1.165, 1.54) is 10.8 Å². The van der Waals surface area contributed by atoms with Crippen molar-refractivity contribution in [1.82, 2.24) is 9.55 Å². The first kappa shape index (κ1) is 12.4. The number of nitrogens with zero attached hydrogens (tertiary/aromatic N) is 2. The quantitative estimate of drug-likeness (QED) is 0.923. The van der Waals surface area contributed by atoms with Crippen LogP contribution >= 0.6 is 11.6 Å². The lowest BCUT2D eigenvalue weighted by Gasteiger charge is -2.07. The molecule has 2 aromatic rings. The Morgan fingerprint density at radius 3 is 2.94 bits per heavy atom. The van der Waals surface area contributed by atoms with Crippen LogP contribution in [-0.4, -0.2) is 20.6 Å². The minimum atomic E-state index is -1.06. The molecule has 0 fully saturated rings. The van der Waals surface area contributed by atoms with Gasteiger partial charge in [0.15, 0.2) is 0 Å². The second-order valence-corrected chi connectivity index (χ2v) is 4.12. The molecule has 1 aromatic carbocycles. The maximum absolute atomic E-state index is 10.8. The van der Waals surface area contributed by atoms with E-state index in [-0.39, 0.29) is 12.4 Å². The number of hydrogen-bond acceptors (Lipinski definition) is 3. The van der Waals surface area contributed by atoms with E-state index in [0.717, 1.165) is 0 Å². The van der Waals surface area contributed by atoms with Crippen LogP contribution in [0.5, 0.6) is 5.75 Å². The summed E-state index contributed by atoms with van der Waals surface area (Å²) < 4.78 is 6.99. The van der Waals surface area contributed by atoms with Crippen LogP contribution in [0, 0.1) is 0 Å². The molecule has 0 bridgehead atoms. The average molecular weight is 267 g/mol. The van der Waals surface area contributed by atoms with Crippen molar-refractivity contribution in [2.75, 3.05) is 0 Å². The van der Waals surface area contributed by atoms with Gasteiger partial charge in [-0.3, -0.25) is 0 Å². The topological polar surface area (TPSA) is 64.4 Å². The lowest BCUT2D eigenvalue weighted by molar-refractivity contribution is 0.0679. The molecule has 0 unspecified atom stereocenters. The van der Waals surface area contributed by atoms with Crippen LogP contribution in [0.4, 0.5) is 0 Å². The van der Waals surface area contributed by atoms with Crippen LogP contribution < -0.4 is 4.74 Å². The van der Waals surface area contributed by atoms with Crippen LogP contribution in [0.25, 0.3) is 0 Å². The molecule has 18 heavy (non-hydrogen) atoms. The SMILES string of the molecule is Cn1c(COc2cccc(Cl)c2)cnc1C(=O)O. The highest BCUT2D eigenvalue weighted by Crippen LogP contribution is 2.18. The molecule has 2 rings (SSSR count). The number of imidazole rings is 1. The standard InChI is InChI=1S/C12H11ClN2O3/c1-15-9(6-14-11(15)12(16)17)7-18-10-4-2-3-8(13)5-10/h2-6H,7H2,1H3,(H,16,17). The first-order chi connectivity index (χ1) is 8.58. The van der Waals surface area contributed by atoms with Gasteiger partial charge >= 0.3 is 5.97 Å². The molecule has 0 saturated heterocycles. The largest absolute Gasteiger partial charge is 0.487 e. The lowest BCUT2D eigenvalue weighted by Crippen LogP contribution is -2.09. The van der Waals surface area contributed by atoms with E-state index in [2.05, 4.69) is 4.98 Å². The van der Waals surface area contributed by atoms with Crippen molar-refractivity contribution in [3.8, 4) is 5.75 Å². The zero-order chi connectivity index (χ0) is 13.1. The zero-order valence-electron chi connectivity index (χ0n) is 9.63. The number of halogens is 1. The van der Waals surface area contributed by atoms with Gasteiger partial charge in [0.25, 0.3) is 0 Å². The number of hydrogen-bond donors (Lipinski definition) is 1. The molecule has 0 aliphatic heterocycles. The predicted molar refractivity (Wildman–Crippen MR) is 66.0 cm³/mol. The van der Waals surface area contributed by atoms with E-state index < -0.39 is 5.97 Å². The number of aromatic nitrogens is 2. The maximum Gasteiger partial charge on any atom is 0.372 e. The molecule has 0 saturated carbocycles. The molecule has 0 amide bonds. The van der Waals surface area contributed by atoms with Crippen LogP contribution in [0.15, 0.2) is 30.5 Å². The summed E-state index contributed by atoms with van der Waals surface area (Å²) in [5.74, 6) is -0.452. The van der Waals surface area contributed by atoms with Crippen LogP contribution in [0.2, 0.25) is 5.02 Å². The first-order valence-electron chi connectivity index (χ1n) is 5.20. The van der Waals surface area contributed by atoms with Gasteiger partial charge < -0.3 is 14.4 Å². The number of ether oxygens (including phenoxy) is 1. The zero-order valence-corrected chi connectivity index (χ0v) is 10.4. The fourth-order valence-electron chi connectivity index (χ4n) is 1.49. The summed E-state index contributed by atoms with van der Waals surface area (Å²) in [6.07, 6.45) is 1.48. The predicted octanol–water partition coefficient (Wildman–Crippen LogP) is 2.35. The summed E-state index contributed by atoms with van der Waals surface area (Å²) >= 11 is 5.83. The van der Waals surface area contributed by atoms with Gasteiger partial charge in [-0.1, -0.05) is 17.7 Å². The van der Waals surface area contributed by atoms with E-state index in [1.54, 1.807) is 31.3 Å². The number of carbonyl (C=O) groups is 1. The summed E-state index contributed by atoms with van der Waals surface area (Å²) in [6, 6.07) is 7.00. The van der Waals surface area contributed by atoms with Crippen LogP contribution in [-0.2, 0) is 13.7 Å². The van der Waals surface area contributed by atoms with E-state index in [1.807, 2.05) is 0 Å². The van der Waals surface area contributed by atoms with Crippen molar-refractivity contribution >= 4 is 17.6 Å². The van der Waals surface area contributed by atoms with E-state index in [9.17, 15) is 4.79 Å². The van der Waals surface area contributed by atoms with Gasteiger partial charge in [0, 0.05) is 12.1 Å². The van der Waals surface area contributed by atoms with Crippen molar-refractivity contribution in [2.45, 2.75) is 6.61 Å². The molecule has 1 heterocycles. The molecule has 1 N–H and O–H groups in total. The molecule has 94 valence electrons. The Hall–Kier alpha value is -2.01. The smallest absolute Gasteiger partial charge is 0.372 e. The summed E-state index contributed by atoms with van der Waals surface area (Å²) in [4.78, 5) is 14.6. The summed E-state index contributed by atoms with van der Waals surface area (Å²) in [5.41, 5.74) is 0.673. The van der Waals surface area contributed by atoms with Crippen LogP contribution in [0.3, 0.4) is 0 Å². The third-order valence-corrected chi connectivity index (χ3v) is 2.69. The van der Waals surface area contributed by atoms with Crippen molar-refractivity contribution in [2.24, 2.45) is 7.05 Å². The van der Waals surface area contributed by atoms with Gasteiger partial charge in [-0.2, -0.15) is 0 Å². The molecule has 0 aliphatic carbocycles. The summed E-state index contributed by atoms with van der Waals surface area (Å²) in [5, 5.41) is 9.45. The van der Waals surface area contributed by atoms with E-state index in [0.29, 0.717) is 16.5 Å². The Balaban J connectivity index is 2.09. The van der Waals surface area contributed by atoms with Crippen molar-refractivity contribution in [3.05, 3.63) is 47.0 Å². The second kappa shape index (κ2) is 5.10. The highest BCUT2D eigenvalue weighted by Gasteiger charge is 2.13. The van der Waals surface area contributed by atoms with Crippen molar-refractivity contribution in [3.63, 3.8) is 0 Å². The highest BCUT2D eigenvalue weighted by atomic mass is 35.5. The van der Waals surface area contributed by atoms with Gasteiger partial charge in [0.1, 0.15) is 12.4 Å². The normalized spacial score (nSPS) is 10.3. The molecular formula is C12H11ClN2O3. The van der Waals surface area contributed by atoms with Gasteiger partial charge in [0.05, 0.1) is 11.9 Å². The number of carboxylic acids is 1. The summed E-state index contributed by atoms with van der Waals surface area (Å²) in [7, 11) is 1.63. The minimum Gasteiger partial charge on any atom is -0.487 e. The van der Waals surface area contributed by atoms with E-state index >= 15 is 0 Å². The number of aromatic carboxylic acids is 1. The van der Waals surface area contributed by atoms with Crippen LogP contribution in [0.1, 0.15) is 16.3 Å². The van der Waals surface area contributed by atoms with Gasteiger partial charge in [-0.15, -0.1) is 0 Å². The van der Waals surface area contributed by atoms with Gasteiger partial charge in [-0.25, -0.2) is 9.78 Å². The Labute approximate surface area is 109 Å². The highest BCUT2D eigenvalue weighted by molar-refractivity contribution is 6.30. The van der Waals surface area contributed by atoms with Gasteiger partial charge in [0.2, 0.25) is 5.82 Å². The number of rotatable bonds is 4.